The van der Waals surface area contributed by atoms with Gasteiger partial charge in [0.25, 0.3) is 0 Å². The van der Waals surface area contributed by atoms with Crippen LogP contribution in [0.1, 0.15) is 5.69 Å². The van der Waals surface area contributed by atoms with Crippen LogP contribution in [0.3, 0.4) is 0 Å². The maximum absolute atomic E-state index is 11.0. The first kappa shape index (κ1) is 12.1. The summed E-state index contributed by atoms with van der Waals surface area (Å²) >= 11 is 1.14. The molecule has 0 saturated carbocycles. The average molecular weight is 263 g/mol. The lowest BCUT2D eigenvalue weighted by molar-refractivity contribution is -0.129. The quantitative estimate of drug-likeness (QED) is 0.644. The Morgan fingerprint density at radius 2 is 2.11 bits per heavy atom. The number of nitrogens with zero attached hydrogens (tertiary/aromatic N) is 2. The Morgan fingerprint density at radius 1 is 1.39 bits per heavy atom. The van der Waals surface area contributed by atoms with Crippen LogP contribution in [0.25, 0.3) is 0 Å². The third kappa shape index (κ3) is 2.83. The van der Waals surface area contributed by atoms with Crippen LogP contribution in [0.15, 0.2) is 40.9 Å². The number of aromatic nitrogens is 1. The number of para-hydroxylation sites is 1. The summed E-state index contributed by atoms with van der Waals surface area (Å²) in [5, 5.41) is 14.4. The summed E-state index contributed by atoms with van der Waals surface area (Å²) < 4.78 is 0. The SMILES string of the molecule is Nc1nc(C(=NOc2ccccc2)C(=O)O)cs1. The van der Waals surface area contributed by atoms with E-state index in [1.165, 1.54) is 5.38 Å². The van der Waals surface area contributed by atoms with Crippen molar-refractivity contribution in [3.8, 4) is 5.75 Å². The second-order valence-corrected chi connectivity index (χ2v) is 4.11. The number of carboxylic acid groups (broad SMARTS) is 1. The van der Waals surface area contributed by atoms with E-state index in [-0.39, 0.29) is 16.5 Å². The summed E-state index contributed by atoms with van der Waals surface area (Å²) in [7, 11) is 0. The van der Waals surface area contributed by atoms with Crippen LogP contribution in [0.2, 0.25) is 0 Å². The molecule has 92 valence electrons. The van der Waals surface area contributed by atoms with E-state index in [1.807, 2.05) is 6.07 Å². The Bertz CT molecular complexity index is 580. The fourth-order valence-electron chi connectivity index (χ4n) is 1.17. The van der Waals surface area contributed by atoms with Crippen molar-refractivity contribution >= 4 is 28.1 Å². The van der Waals surface area contributed by atoms with Gasteiger partial charge >= 0.3 is 5.97 Å². The fraction of sp³-hybridized carbons (Fsp3) is 0. The number of hydrogen-bond donors (Lipinski definition) is 2. The summed E-state index contributed by atoms with van der Waals surface area (Å²) in [6.45, 7) is 0. The predicted octanol–water partition coefficient (Wildman–Crippen LogP) is 1.59. The number of rotatable bonds is 4. The highest BCUT2D eigenvalue weighted by Crippen LogP contribution is 2.14. The number of carbonyl (C=O) groups is 1. The van der Waals surface area contributed by atoms with Crippen molar-refractivity contribution in [2.24, 2.45) is 5.16 Å². The molecule has 2 aromatic rings. The highest BCUT2D eigenvalue weighted by atomic mass is 32.1. The summed E-state index contributed by atoms with van der Waals surface area (Å²) in [6.07, 6.45) is 0. The molecule has 3 N–H and O–H groups in total. The molecule has 6 nitrogen and oxygen atoms in total. The largest absolute Gasteiger partial charge is 0.476 e. The van der Waals surface area contributed by atoms with Gasteiger partial charge in [0.05, 0.1) is 0 Å². The molecule has 1 aromatic carbocycles. The second-order valence-electron chi connectivity index (χ2n) is 3.22. The van der Waals surface area contributed by atoms with Gasteiger partial charge in [-0.3, -0.25) is 0 Å². The smallest absolute Gasteiger partial charge is 0.360 e. The molecular formula is C11H9N3O3S. The molecule has 0 atom stereocenters. The number of nitrogen functional groups attached to an aromatic ring is 1. The molecule has 0 aliphatic rings. The highest BCUT2D eigenvalue weighted by Gasteiger charge is 2.17. The van der Waals surface area contributed by atoms with Gasteiger partial charge < -0.3 is 15.7 Å². The van der Waals surface area contributed by atoms with Crippen LogP contribution < -0.4 is 10.6 Å². The third-order valence-electron chi connectivity index (χ3n) is 1.95. The lowest BCUT2D eigenvalue weighted by Gasteiger charge is -1.99. The van der Waals surface area contributed by atoms with Gasteiger partial charge in [-0.05, 0) is 12.1 Å². The van der Waals surface area contributed by atoms with E-state index < -0.39 is 5.97 Å². The maximum Gasteiger partial charge on any atom is 0.360 e. The van der Waals surface area contributed by atoms with Crippen molar-refractivity contribution in [1.82, 2.24) is 4.98 Å². The second kappa shape index (κ2) is 5.28. The van der Waals surface area contributed by atoms with Crippen LogP contribution in [-0.4, -0.2) is 21.8 Å². The normalized spacial score (nSPS) is 11.2. The Labute approximate surface area is 106 Å². The Hall–Kier alpha value is -2.41. The Kier molecular flexibility index (Phi) is 3.54. The van der Waals surface area contributed by atoms with Crippen LogP contribution in [0.4, 0.5) is 5.13 Å². The summed E-state index contributed by atoms with van der Waals surface area (Å²) in [5.74, 6) is -0.782. The predicted molar refractivity (Wildman–Crippen MR) is 67.8 cm³/mol. The molecule has 18 heavy (non-hydrogen) atoms. The van der Waals surface area contributed by atoms with Gasteiger partial charge in [0.15, 0.2) is 10.9 Å². The van der Waals surface area contributed by atoms with Crippen molar-refractivity contribution in [2.45, 2.75) is 0 Å². The Morgan fingerprint density at radius 3 is 2.67 bits per heavy atom. The number of nitrogens with two attached hydrogens (primary N) is 1. The first-order valence-corrected chi connectivity index (χ1v) is 5.79. The monoisotopic (exact) mass is 263 g/mol. The number of thiazole rings is 1. The molecule has 0 aliphatic carbocycles. The third-order valence-corrected chi connectivity index (χ3v) is 2.63. The summed E-state index contributed by atoms with van der Waals surface area (Å²) in [4.78, 5) is 19.9. The fourth-order valence-corrected chi connectivity index (χ4v) is 1.72. The molecule has 7 heteroatoms. The minimum atomic E-state index is -1.23. The molecule has 2 rings (SSSR count). The number of oxime groups is 1. The van der Waals surface area contributed by atoms with Gasteiger partial charge in [-0.25, -0.2) is 9.78 Å². The molecular weight excluding hydrogens is 254 g/mol. The van der Waals surface area contributed by atoms with E-state index in [4.69, 9.17) is 15.7 Å². The first-order chi connectivity index (χ1) is 8.66. The molecule has 0 radical (unpaired) electrons. The topological polar surface area (TPSA) is 97.8 Å². The number of carboxylic acids is 1. The maximum atomic E-state index is 11.0. The van der Waals surface area contributed by atoms with Crippen LogP contribution in [0.5, 0.6) is 5.75 Å². The molecule has 0 amide bonds. The van der Waals surface area contributed by atoms with Crippen molar-refractivity contribution in [3.05, 3.63) is 41.4 Å². The standard InChI is InChI=1S/C11H9N3O3S/c12-11-13-8(6-18-11)9(10(15)16)14-17-7-4-2-1-3-5-7/h1-6H,(H2,12,13)(H,15,16). The number of hydrogen-bond acceptors (Lipinski definition) is 6. The zero-order valence-electron chi connectivity index (χ0n) is 9.11. The minimum absolute atomic E-state index is 0.181. The highest BCUT2D eigenvalue weighted by molar-refractivity contribution is 7.13. The number of aliphatic carboxylic acids is 1. The van der Waals surface area contributed by atoms with Crippen molar-refractivity contribution in [1.29, 1.82) is 0 Å². The summed E-state index contributed by atoms with van der Waals surface area (Å²) in [5.41, 5.74) is 5.34. The lowest BCUT2D eigenvalue weighted by Crippen LogP contribution is -2.16. The van der Waals surface area contributed by atoms with Crippen LogP contribution in [0, 0.1) is 0 Å². The van der Waals surface area contributed by atoms with E-state index in [0.29, 0.717) is 5.75 Å². The van der Waals surface area contributed by atoms with E-state index in [1.54, 1.807) is 24.3 Å². The van der Waals surface area contributed by atoms with Crippen molar-refractivity contribution in [2.75, 3.05) is 5.73 Å². The Balaban J connectivity index is 2.23. The minimum Gasteiger partial charge on any atom is -0.476 e. The summed E-state index contributed by atoms with van der Waals surface area (Å²) in [6, 6.07) is 8.66. The van der Waals surface area contributed by atoms with Gasteiger partial charge in [0.2, 0.25) is 5.71 Å². The van der Waals surface area contributed by atoms with Gasteiger partial charge in [-0.1, -0.05) is 23.4 Å². The van der Waals surface area contributed by atoms with Gasteiger partial charge in [0.1, 0.15) is 5.69 Å². The first-order valence-electron chi connectivity index (χ1n) is 4.91. The van der Waals surface area contributed by atoms with Gasteiger partial charge in [-0.2, -0.15) is 0 Å². The van der Waals surface area contributed by atoms with E-state index >= 15 is 0 Å². The molecule has 0 fully saturated rings. The molecule has 0 aliphatic heterocycles. The lowest BCUT2D eigenvalue weighted by atomic mass is 10.3. The molecule has 0 saturated heterocycles. The molecule has 1 heterocycles. The van der Waals surface area contributed by atoms with E-state index in [0.717, 1.165) is 11.3 Å². The number of anilines is 1. The van der Waals surface area contributed by atoms with Gasteiger partial charge in [-0.15, -0.1) is 11.3 Å². The van der Waals surface area contributed by atoms with Crippen molar-refractivity contribution < 1.29 is 14.7 Å². The van der Waals surface area contributed by atoms with Crippen molar-refractivity contribution in [3.63, 3.8) is 0 Å². The molecule has 0 unspecified atom stereocenters. The van der Waals surface area contributed by atoms with Gasteiger partial charge in [0, 0.05) is 5.38 Å². The average Bonchev–Trinajstić information content (AvgIpc) is 2.77. The molecule has 0 spiro atoms. The molecule has 1 aromatic heterocycles. The number of benzene rings is 1. The zero-order valence-corrected chi connectivity index (χ0v) is 9.92. The van der Waals surface area contributed by atoms with E-state index in [9.17, 15) is 4.79 Å². The van der Waals surface area contributed by atoms with Crippen LogP contribution >= 0.6 is 11.3 Å². The zero-order chi connectivity index (χ0) is 13.0. The van der Waals surface area contributed by atoms with E-state index in [2.05, 4.69) is 10.1 Å². The molecule has 0 bridgehead atoms. The van der Waals surface area contributed by atoms with Crippen LogP contribution in [-0.2, 0) is 4.79 Å².